The van der Waals surface area contributed by atoms with Crippen LogP contribution in [0.25, 0.3) is 11.3 Å². The van der Waals surface area contributed by atoms with Crippen molar-refractivity contribution in [1.82, 2.24) is 9.88 Å². The van der Waals surface area contributed by atoms with Crippen LogP contribution < -0.4 is 5.32 Å². The Morgan fingerprint density at radius 2 is 1.78 bits per heavy atom. The van der Waals surface area contributed by atoms with Crippen LogP contribution in [-0.4, -0.2) is 28.9 Å². The number of carbonyl (C=O) groups excluding carboxylic acids is 1. The maximum atomic E-state index is 13.1. The SMILES string of the molecule is Cc1nc(-c2ccc(NC(=O)C(c3ccccc3)N3CCCC3)cc2)cs1. The minimum absolute atomic E-state index is 0.0281. The molecule has 1 aromatic heterocycles. The van der Waals surface area contributed by atoms with Crippen molar-refractivity contribution < 1.29 is 4.79 Å². The molecule has 4 rings (SSSR count). The zero-order valence-corrected chi connectivity index (χ0v) is 16.2. The second-order valence-corrected chi connectivity index (χ2v) is 7.94. The van der Waals surface area contributed by atoms with E-state index in [1.807, 2.05) is 61.5 Å². The third kappa shape index (κ3) is 4.10. The van der Waals surface area contributed by atoms with Crippen LogP contribution in [0.5, 0.6) is 0 Å². The number of carbonyl (C=O) groups is 1. The van der Waals surface area contributed by atoms with Gasteiger partial charge < -0.3 is 5.32 Å². The van der Waals surface area contributed by atoms with Crippen molar-refractivity contribution in [2.24, 2.45) is 0 Å². The number of likely N-dealkylation sites (tertiary alicyclic amines) is 1. The van der Waals surface area contributed by atoms with Gasteiger partial charge >= 0.3 is 0 Å². The van der Waals surface area contributed by atoms with E-state index in [0.29, 0.717) is 0 Å². The van der Waals surface area contributed by atoms with E-state index in [2.05, 4.69) is 20.6 Å². The van der Waals surface area contributed by atoms with Gasteiger partial charge in [-0.05, 0) is 50.6 Å². The molecule has 2 aromatic carbocycles. The molecule has 1 saturated heterocycles. The second-order valence-electron chi connectivity index (χ2n) is 6.87. The topological polar surface area (TPSA) is 45.2 Å². The molecule has 1 aliphatic heterocycles. The summed E-state index contributed by atoms with van der Waals surface area (Å²) in [7, 11) is 0. The molecule has 1 fully saturated rings. The summed E-state index contributed by atoms with van der Waals surface area (Å²) in [5.74, 6) is 0.0281. The fourth-order valence-electron chi connectivity index (χ4n) is 3.59. The van der Waals surface area contributed by atoms with Crippen LogP contribution in [0.1, 0.15) is 29.5 Å². The summed E-state index contributed by atoms with van der Waals surface area (Å²) in [5, 5.41) is 6.21. The Balaban J connectivity index is 1.52. The number of rotatable bonds is 5. The number of nitrogens with zero attached hydrogens (tertiary/aromatic N) is 2. The first-order valence-corrected chi connectivity index (χ1v) is 10.2. The normalized spacial score (nSPS) is 15.6. The van der Waals surface area contributed by atoms with Crippen molar-refractivity contribution in [3.63, 3.8) is 0 Å². The highest BCUT2D eigenvalue weighted by molar-refractivity contribution is 7.09. The highest BCUT2D eigenvalue weighted by atomic mass is 32.1. The van der Waals surface area contributed by atoms with Gasteiger partial charge in [0, 0.05) is 16.6 Å². The Bertz CT molecular complexity index is 899. The second kappa shape index (κ2) is 8.03. The fraction of sp³-hybridized carbons (Fsp3) is 0.273. The van der Waals surface area contributed by atoms with Crippen molar-refractivity contribution in [2.75, 3.05) is 18.4 Å². The van der Waals surface area contributed by atoms with Crippen LogP contribution in [-0.2, 0) is 4.79 Å². The standard InChI is InChI=1S/C22H23N3OS/c1-16-23-20(15-27-16)17-9-11-19(12-10-17)24-22(26)21(25-13-5-6-14-25)18-7-3-2-4-8-18/h2-4,7-12,15,21H,5-6,13-14H2,1H3,(H,24,26). The summed E-state index contributed by atoms with van der Waals surface area (Å²) >= 11 is 1.64. The van der Waals surface area contributed by atoms with Crippen LogP contribution in [0.4, 0.5) is 5.69 Å². The summed E-state index contributed by atoms with van der Waals surface area (Å²) in [6.07, 6.45) is 2.30. The van der Waals surface area contributed by atoms with Gasteiger partial charge in [0.25, 0.3) is 0 Å². The predicted molar refractivity (Wildman–Crippen MR) is 111 cm³/mol. The van der Waals surface area contributed by atoms with E-state index >= 15 is 0 Å². The molecule has 27 heavy (non-hydrogen) atoms. The first-order valence-electron chi connectivity index (χ1n) is 9.33. The molecule has 1 unspecified atom stereocenters. The van der Waals surface area contributed by atoms with Crippen LogP contribution in [0.2, 0.25) is 0 Å². The number of benzene rings is 2. The Hall–Kier alpha value is -2.50. The molecule has 0 aliphatic carbocycles. The maximum absolute atomic E-state index is 13.1. The minimum Gasteiger partial charge on any atom is -0.324 e. The third-order valence-electron chi connectivity index (χ3n) is 4.94. The third-order valence-corrected chi connectivity index (χ3v) is 5.71. The first kappa shape index (κ1) is 17.9. The van der Waals surface area contributed by atoms with Crippen molar-refractivity contribution in [1.29, 1.82) is 0 Å². The lowest BCUT2D eigenvalue weighted by Crippen LogP contribution is -2.35. The Morgan fingerprint density at radius 3 is 2.41 bits per heavy atom. The summed E-state index contributed by atoms with van der Waals surface area (Å²) in [6.45, 7) is 3.94. The minimum atomic E-state index is -0.241. The van der Waals surface area contributed by atoms with Crippen LogP contribution in [0.15, 0.2) is 60.0 Å². The molecule has 1 atom stereocenters. The summed E-state index contributed by atoms with van der Waals surface area (Å²) in [4.78, 5) is 19.9. The monoisotopic (exact) mass is 377 g/mol. The molecule has 1 amide bonds. The Kier molecular flexibility index (Phi) is 5.32. The average Bonchev–Trinajstić information content (AvgIpc) is 3.36. The highest BCUT2D eigenvalue weighted by Gasteiger charge is 2.29. The van der Waals surface area contributed by atoms with Gasteiger partial charge in [-0.25, -0.2) is 4.98 Å². The van der Waals surface area contributed by atoms with Crippen LogP contribution >= 0.6 is 11.3 Å². The number of aryl methyl sites for hydroxylation is 1. The molecule has 1 N–H and O–H groups in total. The van der Waals surface area contributed by atoms with E-state index < -0.39 is 0 Å². The molecule has 4 nitrogen and oxygen atoms in total. The molecule has 2 heterocycles. The molecular formula is C22H23N3OS. The van der Waals surface area contributed by atoms with Crippen molar-refractivity contribution in [3.8, 4) is 11.3 Å². The smallest absolute Gasteiger partial charge is 0.246 e. The summed E-state index contributed by atoms with van der Waals surface area (Å²) in [6, 6.07) is 17.7. The van der Waals surface area contributed by atoms with Crippen molar-refractivity contribution in [3.05, 3.63) is 70.5 Å². The highest BCUT2D eigenvalue weighted by Crippen LogP contribution is 2.28. The van der Waals surface area contributed by atoms with E-state index in [9.17, 15) is 4.79 Å². The molecular weight excluding hydrogens is 354 g/mol. The molecule has 0 bridgehead atoms. The van der Waals surface area contributed by atoms with Gasteiger partial charge in [-0.1, -0.05) is 42.5 Å². The van der Waals surface area contributed by atoms with E-state index in [1.165, 1.54) is 0 Å². The van der Waals surface area contributed by atoms with Gasteiger partial charge in [-0.2, -0.15) is 0 Å². The quantitative estimate of drug-likeness (QED) is 0.688. The van der Waals surface area contributed by atoms with Gasteiger partial charge in [-0.15, -0.1) is 11.3 Å². The lowest BCUT2D eigenvalue weighted by Gasteiger charge is -2.27. The van der Waals surface area contributed by atoms with E-state index in [0.717, 1.165) is 53.4 Å². The molecule has 0 saturated carbocycles. The van der Waals surface area contributed by atoms with Gasteiger partial charge in [0.05, 0.1) is 10.7 Å². The Morgan fingerprint density at radius 1 is 1.07 bits per heavy atom. The van der Waals surface area contributed by atoms with E-state index in [4.69, 9.17) is 0 Å². The van der Waals surface area contributed by atoms with Gasteiger partial charge in [0.2, 0.25) is 5.91 Å². The molecule has 3 aromatic rings. The number of amides is 1. The largest absolute Gasteiger partial charge is 0.324 e. The molecule has 0 spiro atoms. The molecule has 0 radical (unpaired) electrons. The van der Waals surface area contributed by atoms with Crippen molar-refractivity contribution >= 4 is 22.9 Å². The Labute approximate surface area is 163 Å². The molecule has 5 heteroatoms. The van der Waals surface area contributed by atoms with Crippen LogP contribution in [0.3, 0.4) is 0 Å². The number of aromatic nitrogens is 1. The number of nitrogens with one attached hydrogen (secondary N) is 1. The van der Waals surface area contributed by atoms with Gasteiger partial charge in [0.15, 0.2) is 0 Å². The number of hydrogen-bond donors (Lipinski definition) is 1. The zero-order valence-electron chi connectivity index (χ0n) is 15.4. The predicted octanol–water partition coefficient (Wildman–Crippen LogP) is 4.89. The molecule has 1 aliphatic rings. The number of anilines is 1. The van der Waals surface area contributed by atoms with Crippen LogP contribution in [0, 0.1) is 6.92 Å². The fourth-order valence-corrected chi connectivity index (χ4v) is 4.22. The summed E-state index contributed by atoms with van der Waals surface area (Å²) < 4.78 is 0. The maximum Gasteiger partial charge on any atom is 0.246 e. The number of thiazole rings is 1. The lowest BCUT2D eigenvalue weighted by molar-refractivity contribution is -0.121. The summed E-state index contributed by atoms with van der Waals surface area (Å²) in [5.41, 5.74) is 3.91. The van der Waals surface area contributed by atoms with Gasteiger partial charge in [-0.3, -0.25) is 9.69 Å². The average molecular weight is 378 g/mol. The van der Waals surface area contributed by atoms with E-state index in [1.54, 1.807) is 11.3 Å². The number of hydrogen-bond acceptors (Lipinski definition) is 4. The van der Waals surface area contributed by atoms with E-state index in [-0.39, 0.29) is 11.9 Å². The lowest BCUT2D eigenvalue weighted by atomic mass is 10.0. The van der Waals surface area contributed by atoms with Crippen molar-refractivity contribution in [2.45, 2.75) is 25.8 Å². The molecule has 138 valence electrons. The van der Waals surface area contributed by atoms with Gasteiger partial charge in [0.1, 0.15) is 6.04 Å². The first-order chi connectivity index (χ1) is 13.2. The zero-order chi connectivity index (χ0) is 18.6.